The van der Waals surface area contributed by atoms with E-state index < -0.39 is 24.5 Å². The van der Waals surface area contributed by atoms with Crippen molar-refractivity contribution in [2.24, 2.45) is 10.7 Å². The molecule has 0 unspecified atom stereocenters. The third-order valence-corrected chi connectivity index (χ3v) is 1.44. The van der Waals surface area contributed by atoms with E-state index in [4.69, 9.17) is 10.8 Å². The maximum Gasteiger partial charge on any atom is 0.256 e. The minimum atomic E-state index is -1.04. The topological polar surface area (TPSA) is 96.0 Å². The first kappa shape index (κ1) is 8.82. The van der Waals surface area contributed by atoms with Crippen molar-refractivity contribution in [3.05, 3.63) is 0 Å². The molecule has 0 saturated carbocycles. The molecule has 1 rings (SSSR count). The molecule has 0 fully saturated rings. The number of rotatable bonds is 2. The van der Waals surface area contributed by atoms with Crippen LogP contribution in [0.4, 0.5) is 0 Å². The number of aliphatic hydroxyl groups excluding tert-OH is 1. The van der Waals surface area contributed by atoms with E-state index in [1.54, 1.807) is 0 Å². The second-order valence-electron chi connectivity index (χ2n) is 2.35. The van der Waals surface area contributed by atoms with E-state index in [2.05, 4.69) is 4.99 Å². The van der Waals surface area contributed by atoms with Gasteiger partial charge in [-0.05, 0) is 0 Å². The third-order valence-electron chi connectivity index (χ3n) is 1.44. The first-order valence-corrected chi connectivity index (χ1v) is 3.39. The fraction of sp³-hybridized carbons (Fsp3) is 0.500. The number of aliphatic imine (C=N–C) groups is 1. The largest absolute Gasteiger partial charge is 0.394 e. The Balaban J connectivity index is 2.64. The van der Waals surface area contributed by atoms with Crippen molar-refractivity contribution in [3.8, 4) is 0 Å². The molecule has 0 radical (unpaired) electrons. The van der Waals surface area contributed by atoms with Crippen LogP contribution in [-0.2, 0) is 9.59 Å². The summed E-state index contributed by atoms with van der Waals surface area (Å²) in [5.41, 5.74) is 5.20. The van der Waals surface area contributed by atoms with Crippen molar-refractivity contribution < 1.29 is 14.7 Å². The number of aliphatic hydroxyl groups is 1. The Morgan fingerprint density at radius 3 is 3.00 bits per heavy atom. The number of hydrogen-bond acceptors (Lipinski definition) is 5. The van der Waals surface area contributed by atoms with E-state index in [1.807, 2.05) is 0 Å². The van der Waals surface area contributed by atoms with Gasteiger partial charge in [-0.25, -0.2) is 4.90 Å². The standard InChI is InChI=1S/C6H9N3O3/c7-4(2-10)6(12)9-3-8-1-5(9)11/h3-4,10H,1-2,7H2/t4-/m0/s1. The Hall–Kier alpha value is -1.27. The van der Waals surface area contributed by atoms with Crippen molar-refractivity contribution >= 4 is 18.2 Å². The minimum Gasteiger partial charge on any atom is -0.394 e. The zero-order valence-electron chi connectivity index (χ0n) is 6.30. The molecule has 0 aliphatic carbocycles. The first-order valence-electron chi connectivity index (χ1n) is 3.39. The molecule has 2 amide bonds. The van der Waals surface area contributed by atoms with Crippen LogP contribution in [0.1, 0.15) is 0 Å². The second kappa shape index (κ2) is 3.42. The molecule has 0 aromatic carbocycles. The van der Waals surface area contributed by atoms with Gasteiger partial charge in [-0.3, -0.25) is 14.6 Å². The predicted molar refractivity (Wildman–Crippen MR) is 40.3 cm³/mol. The van der Waals surface area contributed by atoms with Crippen LogP contribution in [0, 0.1) is 0 Å². The second-order valence-corrected chi connectivity index (χ2v) is 2.35. The third kappa shape index (κ3) is 1.49. The van der Waals surface area contributed by atoms with Gasteiger partial charge < -0.3 is 10.8 Å². The first-order chi connectivity index (χ1) is 5.66. The molecule has 6 heteroatoms. The van der Waals surface area contributed by atoms with Gasteiger partial charge in [0.05, 0.1) is 12.9 Å². The van der Waals surface area contributed by atoms with Crippen molar-refractivity contribution in [1.29, 1.82) is 0 Å². The summed E-state index contributed by atoms with van der Waals surface area (Å²) < 4.78 is 0. The van der Waals surface area contributed by atoms with E-state index in [1.165, 1.54) is 0 Å². The van der Waals surface area contributed by atoms with Crippen molar-refractivity contribution in [2.45, 2.75) is 6.04 Å². The Kier molecular flexibility index (Phi) is 2.51. The molecule has 3 N–H and O–H groups in total. The molecule has 0 saturated heterocycles. The summed E-state index contributed by atoms with van der Waals surface area (Å²) >= 11 is 0. The Morgan fingerprint density at radius 2 is 2.58 bits per heavy atom. The van der Waals surface area contributed by atoms with Crippen LogP contribution in [0.3, 0.4) is 0 Å². The van der Waals surface area contributed by atoms with E-state index in [-0.39, 0.29) is 6.54 Å². The molecule has 0 bridgehead atoms. The molecule has 6 nitrogen and oxygen atoms in total. The lowest BCUT2D eigenvalue weighted by molar-refractivity contribution is -0.139. The normalized spacial score (nSPS) is 18.5. The van der Waals surface area contributed by atoms with Crippen molar-refractivity contribution in [2.75, 3.05) is 13.2 Å². The highest BCUT2D eigenvalue weighted by molar-refractivity contribution is 6.10. The number of nitrogens with zero attached hydrogens (tertiary/aromatic N) is 2. The molecular weight excluding hydrogens is 162 g/mol. The molecule has 12 heavy (non-hydrogen) atoms. The maximum atomic E-state index is 11.1. The lowest BCUT2D eigenvalue weighted by Crippen LogP contribution is -2.46. The molecule has 1 heterocycles. The van der Waals surface area contributed by atoms with Gasteiger partial charge in [0.25, 0.3) is 11.8 Å². The van der Waals surface area contributed by atoms with E-state index in [9.17, 15) is 9.59 Å². The highest BCUT2D eigenvalue weighted by atomic mass is 16.3. The summed E-state index contributed by atoms with van der Waals surface area (Å²) in [6, 6.07) is -1.04. The average Bonchev–Trinajstić information content (AvgIpc) is 2.48. The van der Waals surface area contributed by atoms with E-state index >= 15 is 0 Å². The molecule has 1 aliphatic rings. The van der Waals surface area contributed by atoms with Crippen LogP contribution in [0.5, 0.6) is 0 Å². The highest BCUT2D eigenvalue weighted by Gasteiger charge is 2.27. The van der Waals surface area contributed by atoms with Crippen LogP contribution in [0.15, 0.2) is 4.99 Å². The summed E-state index contributed by atoms with van der Waals surface area (Å²) in [6.07, 6.45) is 1.13. The molecular formula is C6H9N3O3. The number of carbonyl (C=O) groups excluding carboxylic acids is 2. The lowest BCUT2D eigenvalue weighted by Gasteiger charge is -2.13. The van der Waals surface area contributed by atoms with Gasteiger partial charge in [0.15, 0.2) is 0 Å². The number of imide groups is 1. The quantitative estimate of drug-likeness (QED) is 0.488. The van der Waals surface area contributed by atoms with Crippen LogP contribution < -0.4 is 5.73 Å². The predicted octanol–water partition coefficient (Wildman–Crippen LogP) is -2.30. The monoisotopic (exact) mass is 171 g/mol. The average molecular weight is 171 g/mol. The van der Waals surface area contributed by atoms with Gasteiger partial charge in [-0.15, -0.1) is 0 Å². The number of hydrogen-bond donors (Lipinski definition) is 2. The molecule has 66 valence electrons. The molecule has 1 aliphatic heterocycles. The Labute approximate surface area is 68.7 Å². The lowest BCUT2D eigenvalue weighted by atomic mass is 10.3. The van der Waals surface area contributed by atoms with Crippen LogP contribution >= 0.6 is 0 Å². The van der Waals surface area contributed by atoms with Crippen LogP contribution in [-0.4, -0.2) is 47.4 Å². The van der Waals surface area contributed by atoms with Gasteiger partial charge in [0.2, 0.25) is 0 Å². The summed E-state index contributed by atoms with van der Waals surface area (Å²) in [7, 11) is 0. The SMILES string of the molecule is N[C@@H](CO)C(=O)N1C=NCC1=O. The summed E-state index contributed by atoms with van der Waals surface area (Å²) in [6.45, 7) is -0.500. The number of amides is 2. The molecule has 0 aromatic heterocycles. The van der Waals surface area contributed by atoms with Gasteiger partial charge in [0.1, 0.15) is 12.6 Å². The van der Waals surface area contributed by atoms with Crippen molar-refractivity contribution in [1.82, 2.24) is 4.90 Å². The Bertz CT molecular complexity index is 238. The maximum absolute atomic E-state index is 11.1. The molecule has 0 aromatic rings. The fourth-order valence-corrected chi connectivity index (χ4v) is 0.778. The summed E-state index contributed by atoms with van der Waals surface area (Å²) in [5, 5.41) is 8.52. The van der Waals surface area contributed by atoms with Crippen molar-refractivity contribution in [3.63, 3.8) is 0 Å². The summed E-state index contributed by atoms with van der Waals surface area (Å²) in [4.78, 5) is 26.4. The number of nitrogens with two attached hydrogens (primary N) is 1. The zero-order valence-corrected chi connectivity index (χ0v) is 6.30. The van der Waals surface area contributed by atoms with E-state index in [0.29, 0.717) is 0 Å². The smallest absolute Gasteiger partial charge is 0.256 e. The Morgan fingerprint density at radius 1 is 1.92 bits per heavy atom. The fourth-order valence-electron chi connectivity index (χ4n) is 0.778. The van der Waals surface area contributed by atoms with Crippen LogP contribution in [0.25, 0.3) is 0 Å². The molecule has 1 atom stereocenters. The van der Waals surface area contributed by atoms with Crippen LogP contribution in [0.2, 0.25) is 0 Å². The minimum absolute atomic E-state index is 0.0239. The van der Waals surface area contributed by atoms with Gasteiger partial charge in [-0.1, -0.05) is 0 Å². The van der Waals surface area contributed by atoms with Gasteiger partial charge >= 0.3 is 0 Å². The van der Waals surface area contributed by atoms with Gasteiger partial charge in [-0.2, -0.15) is 0 Å². The molecule has 0 spiro atoms. The van der Waals surface area contributed by atoms with E-state index in [0.717, 1.165) is 11.2 Å². The summed E-state index contributed by atoms with van der Waals surface area (Å²) in [5.74, 6) is -1.03. The number of carbonyl (C=O) groups is 2. The zero-order chi connectivity index (χ0) is 9.14. The van der Waals surface area contributed by atoms with Gasteiger partial charge in [0, 0.05) is 0 Å². The highest BCUT2D eigenvalue weighted by Crippen LogP contribution is 1.98.